The number of amides is 4. The molecule has 180 valence electrons. The second kappa shape index (κ2) is 9.69. The van der Waals surface area contributed by atoms with Crippen LogP contribution in [0.2, 0.25) is 0 Å². The van der Waals surface area contributed by atoms with Crippen molar-refractivity contribution in [2.24, 2.45) is 0 Å². The van der Waals surface area contributed by atoms with Crippen molar-refractivity contribution >= 4 is 27.9 Å². The van der Waals surface area contributed by atoms with Crippen molar-refractivity contribution in [1.82, 2.24) is 20.5 Å². The smallest absolute Gasteiger partial charge is 0.318 e. The molecular formula is C25H24N4O5S. The van der Waals surface area contributed by atoms with Crippen LogP contribution < -0.4 is 15.5 Å². The molecule has 10 heteroatoms. The quantitative estimate of drug-likeness (QED) is 0.417. The molecule has 35 heavy (non-hydrogen) atoms. The van der Waals surface area contributed by atoms with Crippen LogP contribution in [0, 0.1) is 0 Å². The van der Waals surface area contributed by atoms with E-state index >= 15 is 0 Å². The Morgan fingerprint density at radius 3 is 2.26 bits per heavy atom. The average Bonchev–Trinajstić information content (AvgIpc) is 3.14. The van der Waals surface area contributed by atoms with E-state index in [4.69, 9.17) is 0 Å². The molecule has 0 bridgehead atoms. The van der Waals surface area contributed by atoms with Crippen LogP contribution in [0.3, 0.4) is 0 Å². The van der Waals surface area contributed by atoms with Gasteiger partial charge >= 0.3 is 6.03 Å². The molecule has 4 amide bonds. The third-order valence-electron chi connectivity index (χ3n) is 5.82. The van der Waals surface area contributed by atoms with Gasteiger partial charge in [-0.2, -0.15) is 5.01 Å². The normalized spacial score (nSPS) is 17.8. The van der Waals surface area contributed by atoms with Crippen LogP contribution in [-0.4, -0.2) is 31.3 Å². The molecule has 3 N–H and O–H groups in total. The maximum absolute atomic E-state index is 13.2. The minimum Gasteiger partial charge on any atom is -0.318 e. The van der Waals surface area contributed by atoms with Gasteiger partial charge in [0.1, 0.15) is 5.54 Å². The van der Waals surface area contributed by atoms with Gasteiger partial charge in [0, 0.05) is 12.1 Å². The number of sulfonamides is 1. The highest BCUT2D eigenvalue weighted by molar-refractivity contribution is 7.89. The van der Waals surface area contributed by atoms with Gasteiger partial charge in [0.15, 0.2) is 0 Å². The minimum absolute atomic E-state index is 0.0260. The first-order chi connectivity index (χ1) is 16.8. The number of rotatable bonds is 8. The fourth-order valence-corrected chi connectivity index (χ4v) is 4.93. The molecule has 1 aliphatic heterocycles. The number of carbonyl (C=O) groups is 3. The minimum atomic E-state index is -3.91. The number of hydrogen-bond donors (Lipinski definition) is 3. The van der Waals surface area contributed by atoms with Crippen molar-refractivity contribution in [3.05, 3.63) is 102 Å². The highest BCUT2D eigenvalue weighted by Gasteiger charge is 2.52. The summed E-state index contributed by atoms with van der Waals surface area (Å²) in [5.41, 5.74) is 2.35. The molecule has 4 rings (SSSR count). The van der Waals surface area contributed by atoms with Crippen molar-refractivity contribution in [3.63, 3.8) is 0 Å². The van der Waals surface area contributed by atoms with Crippen LogP contribution in [0.1, 0.15) is 34.8 Å². The van der Waals surface area contributed by atoms with E-state index in [9.17, 15) is 22.8 Å². The fraction of sp³-hybridized carbons (Fsp3) is 0.160. The van der Waals surface area contributed by atoms with E-state index in [-0.39, 0.29) is 23.4 Å². The van der Waals surface area contributed by atoms with E-state index < -0.39 is 33.4 Å². The van der Waals surface area contributed by atoms with Crippen LogP contribution in [0.4, 0.5) is 4.79 Å². The number of carbonyl (C=O) groups excluding carboxylic acids is 3. The number of benzene rings is 3. The molecule has 3 aromatic rings. The predicted octanol–water partition coefficient (Wildman–Crippen LogP) is 2.67. The van der Waals surface area contributed by atoms with E-state index in [1.165, 1.54) is 24.3 Å². The van der Waals surface area contributed by atoms with E-state index in [1.807, 2.05) is 6.07 Å². The molecule has 3 aromatic carbocycles. The number of nitrogens with zero attached hydrogens (tertiary/aromatic N) is 1. The molecular weight excluding hydrogens is 468 g/mol. The first-order valence-corrected chi connectivity index (χ1v) is 12.4. The van der Waals surface area contributed by atoms with Gasteiger partial charge in [-0.05, 0) is 35.7 Å². The SMILES string of the molecule is CCC1(c2ccccc2)NC(=O)N(NC(=O)c2cccc(S(=O)(=O)NCc3ccccc3)c2)C1=O. The zero-order valence-electron chi connectivity index (χ0n) is 18.9. The Bertz CT molecular complexity index is 1360. The summed E-state index contributed by atoms with van der Waals surface area (Å²) in [7, 11) is -3.91. The molecule has 1 fully saturated rings. The maximum Gasteiger partial charge on any atom is 0.344 e. The standard InChI is InChI=1S/C25H24N4O5S/c1-2-25(20-13-7-4-8-14-20)23(31)29(24(32)27-25)28-22(30)19-12-9-15-21(16-19)35(33,34)26-17-18-10-5-3-6-11-18/h3-16,26H,2,17H2,1H3,(H,27,32)(H,28,30). The summed E-state index contributed by atoms with van der Waals surface area (Å²) in [6, 6.07) is 22.3. The first kappa shape index (κ1) is 24.1. The Balaban J connectivity index is 1.51. The lowest BCUT2D eigenvalue weighted by Gasteiger charge is -2.25. The number of nitrogens with one attached hydrogen (secondary N) is 3. The van der Waals surface area contributed by atoms with E-state index in [0.717, 1.165) is 5.56 Å². The van der Waals surface area contributed by atoms with Gasteiger partial charge in [0.05, 0.1) is 4.90 Å². The summed E-state index contributed by atoms with van der Waals surface area (Å²) in [6.45, 7) is 1.84. The van der Waals surface area contributed by atoms with Crippen molar-refractivity contribution in [1.29, 1.82) is 0 Å². The van der Waals surface area contributed by atoms with Crippen molar-refractivity contribution in [3.8, 4) is 0 Å². The Hall–Kier alpha value is -4.02. The number of hydrazine groups is 1. The summed E-state index contributed by atoms with van der Waals surface area (Å²) in [5.74, 6) is -1.42. The second-order valence-corrected chi connectivity index (χ2v) is 9.74. The van der Waals surface area contributed by atoms with E-state index in [2.05, 4.69) is 15.5 Å². The summed E-state index contributed by atoms with van der Waals surface area (Å²) in [6.07, 6.45) is 0.273. The lowest BCUT2D eigenvalue weighted by molar-refractivity contribution is -0.133. The average molecular weight is 493 g/mol. The van der Waals surface area contributed by atoms with Gasteiger partial charge in [-0.3, -0.25) is 15.0 Å². The molecule has 1 aliphatic rings. The summed E-state index contributed by atoms with van der Waals surface area (Å²) >= 11 is 0. The number of hydrogen-bond acceptors (Lipinski definition) is 5. The predicted molar refractivity (Wildman–Crippen MR) is 128 cm³/mol. The highest BCUT2D eigenvalue weighted by Crippen LogP contribution is 2.31. The third kappa shape index (κ3) is 4.79. The lowest BCUT2D eigenvalue weighted by atomic mass is 9.87. The van der Waals surface area contributed by atoms with Crippen molar-refractivity contribution in [2.45, 2.75) is 30.3 Å². The van der Waals surface area contributed by atoms with Crippen LogP contribution in [0.5, 0.6) is 0 Å². The zero-order valence-corrected chi connectivity index (χ0v) is 19.7. The Labute approximate surface area is 203 Å². The summed E-state index contributed by atoms with van der Waals surface area (Å²) < 4.78 is 28.0. The second-order valence-electron chi connectivity index (χ2n) is 7.97. The van der Waals surface area contributed by atoms with Crippen molar-refractivity contribution in [2.75, 3.05) is 0 Å². The lowest BCUT2D eigenvalue weighted by Crippen LogP contribution is -2.48. The summed E-state index contributed by atoms with van der Waals surface area (Å²) in [4.78, 5) is 38.6. The highest BCUT2D eigenvalue weighted by atomic mass is 32.2. The van der Waals surface area contributed by atoms with Crippen LogP contribution in [0.25, 0.3) is 0 Å². The molecule has 0 aliphatic carbocycles. The fourth-order valence-electron chi connectivity index (χ4n) is 3.87. The Morgan fingerprint density at radius 1 is 0.943 bits per heavy atom. The maximum atomic E-state index is 13.2. The monoisotopic (exact) mass is 492 g/mol. The van der Waals surface area contributed by atoms with E-state index in [1.54, 1.807) is 61.5 Å². The van der Waals surface area contributed by atoms with Crippen molar-refractivity contribution < 1.29 is 22.8 Å². The topological polar surface area (TPSA) is 125 Å². The third-order valence-corrected chi connectivity index (χ3v) is 7.22. The number of imide groups is 1. The van der Waals surface area contributed by atoms with Gasteiger partial charge in [0.2, 0.25) is 10.0 Å². The molecule has 1 unspecified atom stereocenters. The summed E-state index contributed by atoms with van der Waals surface area (Å²) in [5, 5.41) is 3.31. The van der Waals surface area contributed by atoms with Gasteiger partial charge in [0.25, 0.3) is 11.8 Å². The van der Waals surface area contributed by atoms with Gasteiger partial charge < -0.3 is 5.32 Å². The molecule has 1 heterocycles. The molecule has 0 spiro atoms. The molecule has 1 saturated heterocycles. The molecule has 9 nitrogen and oxygen atoms in total. The van der Waals surface area contributed by atoms with Gasteiger partial charge in [-0.25, -0.2) is 17.9 Å². The molecule has 0 aromatic heterocycles. The van der Waals surface area contributed by atoms with Crippen LogP contribution >= 0.6 is 0 Å². The van der Waals surface area contributed by atoms with Crippen LogP contribution in [0.15, 0.2) is 89.8 Å². The zero-order chi connectivity index (χ0) is 25.1. The number of urea groups is 1. The molecule has 0 radical (unpaired) electrons. The largest absolute Gasteiger partial charge is 0.344 e. The Morgan fingerprint density at radius 2 is 1.60 bits per heavy atom. The Kier molecular flexibility index (Phi) is 6.68. The van der Waals surface area contributed by atoms with Crippen LogP contribution in [-0.2, 0) is 26.9 Å². The van der Waals surface area contributed by atoms with Gasteiger partial charge in [-0.15, -0.1) is 0 Å². The first-order valence-electron chi connectivity index (χ1n) is 10.9. The van der Waals surface area contributed by atoms with Gasteiger partial charge in [-0.1, -0.05) is 73.7 Å². The van der Waals surface area contributed by atoms with E-state index in [0.29, 0.717) is 10.6 Å². The molecule has 1 atom stereocenters. The molecule has 0 saturated carbocycles.